The predicted octanol–water partition coefficient (Wildman–Crippen LogP) is -0.299. The Labute approximate surface area is 132 Å². The van der Waals surface area contributed by atoms with Gasteiger partial charge in [-0.15, -0.1) is 0 Å². The van der Waals surface area contributed by atoms with Gasteiger partial charge in [-0.1, -0.05) is 0 Å². The van der Waals surface area contributed by atoms with Crippen LogP contribution in [0.2, 0.25) is 0 Å². The molecule has 1 fully saturated rings. The van der Waals surface area contributed by atoms with Crippen LogP contribution in [0, 0.1) is 0 Å². The van der Waals surface area contributed by atoms with Gasteiger partial charge in [-0.3, -0.25) is 19.2 Å². The molecule has 1 unspecified atom stereocenters. The molecule has 0 amide bonds. The van der Waals surface area contributed by atoms with Gasteiger partial charge in [0.05, 0.1) is 6.61 Å². The summed E-state index contributed by atoms with van der Waals surface area (Å²) in [6, 6.07) is 0. The van der Waals surface area contributed by atoms with Crippen molar-refractivity contribution in [1.82, 2.24) is 0 Å². The first-order valence-corrected chi connectivity index (χ1v) is 5.92. The predicted molar refractivity (Wildman–Crippen MR) is 68.2 cm³/mol. The van der Waals surface area contributed by atoms with Crippen LogP contribution in [0.15, 0.2) is 0 Å². The zero-order chi connectivity index (χ0) is 19.7. The van der Waals surface area contributed by atoms with E-state index < -0.39 is 82.7 Å². The van der Waals surface area contributed by atoms with Crippen LogP contribution in [0.4, 0.5) is 0 Å². The van der Waals surface area contributed by atoms with Crippen molar-refractivity contribution in [2.45, 2.75) is 52.2 Å². The second kappa shape index (κ2) is 7.74. The Morgan fingerprint density at radius 1 is 0.818 bits per heavy atom. The normalized spacial score (nSPS) is 29.8. The molecule has 9 nitrogen and oxygen atoms in total. The summed E-state index contributed by atoms with van der Waals surface area (Å²) in [5.41, 5.74) is 0. The van der Waals surface area contributed by atoms with E-state index in [1.54, 1.807) is 0 Å². The molecule has 1 aliphatic rings. The van der Waals surface area contributed by atoms with Crippen molar-refractivity contribution in [2.24, 2.45) is 0 Å². The molecule has 124 valence electrons. The molecule has 0 spiro atoms. The first-order valence-electron chi connectivity index (χ1n) is 8.75. The molecule has 1 heterocycles. The molecule has 9 heteroatoms. The lowest BCUT2D eigenvalue weighted by Crippen LogP contribution is -2.58. The summed E-state index contributed by atoms with van der Waals surface area (Å²) in [6.07, 6.45) is -5.94. The summed E-state index contributed by atoms with van der Waals surface area (Å²) in [5.74, 6) is -4.10. The fourth-order valence-electron chi connectivity index (χ4n) is 1.82. The summed E-state index contributed by atoms with van der Waals surface area (Å²) in [5, 5.41) is 0. The number of hydrogen-bond acceptors (Lipinski definition) is 9. The van der Waals surface area contributed by atoms with E-state index in [0.717, 1.165) is 0 Å². The van der Waals surface area contributed by atoms with Crippen molar-refractivity contribution >= 4 is 23.9 Å². The molecule has 0 bridgehead atoms. The van der Waals surface area contributed by atoms with Gasteiger partial charge in [0.1, 0.15) is 0 Å². The third kappa shape index (κ3) is 5.32. The van der Waals surface area contributed by atoms with Crippen LogP contribution in [-0.4, -0.2) is 55.1 Å². The maximum absolute atomic E-state index is 11.5. The summed E-state index contributed by atoms with van der Waals surface area (Å²) in [7, 11) is 0. The molecule has 0 radical (unpaired) electrons. The van der Waals surface area contributed by atoms with E-state index in [4.69, 9.17) is 29.2 Å². The monoisotopic (exact) mass is 322 g/mol. The van der Waals surface area contributed by atoms with Crippen molar-refractivity contribution in [2.75, 3.05) is 6.61 Å². The highest BCUT2D eigenvalue weighted by atomic mass is 16.7. The summed E-state index contributed by atoms with van der Waals surface area (Å²) in [6.45, 7) is -3.50. The highest BCUT2D eigenvalue weighted by molar-refractivity contribution is 5.69. The molecule has 4 atom stereocenters. The van der Waals surface area contributed by atoms with Crippen LogP contribution in [0.5, 0.6) is 0 Å². The lowest BCUT2D eigenvalue weighted by atomic mass is 10.0. The van der Waals surface area contributed by atoms with Crippen LogP contribution in [0.25, 0.3) is 0 Å². The van der Waals surface area contributed by atoms with Crippen LogP contribution < -0.4 is 0 Å². The summed E-state index contributed by atoms with van der Waals surface area (Å²) >= 11 is 0. The topological polar surface area (TPSA) is 114 Å². The van der Waals surface area contributed by atoms with Crippen molar-refractivity contribution in [3.05, 3.63) is 0 Å². The number of ether oxygens (including phenoxy) is 5. The number of carbonyl (C=O) groups excluding carboxylic acids is 4. The zero-order valence-electron chi connectivity index (χ0n) is 15.5. The van der Waals surface area contributed by atoms with Crippen LogP contribution in [0.1, 0.15) is 33.1 Å². The molecule has 0 aromatic carbocycles. The fraction of sp³-hybridized carbons (Fsp3) is 0.692. The van der Waals surface area contributed by atoms with Gasteiger partial charge in [-0.2, -0.15) is 0 Å². The van der Waals surface area contributed by atoms with E-state index >= 15 is 0 Å². The average Bonchev–Trinajstić information content (AvgIpc) is 2.65. The lowest BCUT2D eigenvalue weighted by molar-refractivity contribution is -0.273. The standard InChI is InChI=1S/C13H18O9/c1-6(14)19-10-5-18-13(22-9(4)17)12(21-8(3)16)11(10)20-7(2)15/h10-13H,5H2,1-4H3/t10-,11+,12-,13?/m1/s1/i1D,2D,3D,4D. The van der Waals surface area contributed by atoms with Gasteiger partial charge in [0.15, 0.2) is 12.2 Å². The summed E-state index contributed by atoms with van der Waals surface area (Å²) in [4.78, 5) is 45.8. The SMILES string of the molecule is [2H]CC(=O)OC1OC[C@@H](OC(=O)C[2H])[C@H](OC(=O)C[2H])[C@H]1OC(=O)C[2H]. The van der Waals surface area contributed by atoms with Gasteiger partial charge < -0.3 is 23.7 Å². The number of rotatable bonds is 4. The highest BCUT2D eigenvalue weighted by Gasteiger charge is 2.48. The molecule has 0 saturated carbocycles. The van der Waals surface area contributed by atoms with Gasteiger partial charge in [-0.05, 0) is 0 Å². The molecule has 1 saturated heterocycles. The molecule has 1 rings (SSSR count). The second-order valence-electron chi connectivity index (χ2n) is 4.13. The molecule has 0 N–H and O–H groups in total. The quantitative estimate of drug-likeness (QED) is 0.508. The maximum Gasteiger partial charge on any atom is 0.305 e. The molecule has 0 aromatic heterocycles. The third-order valence-electron chi connectivity index (χ3n) is 2.45. The van der Waals surface area contributed by atoms with Crippen molar-refractivity contribution in [3.63, 3.8) is 0 Å². The van der Waals surface area contributed by atoms with Crippen molar-refractivity contribution in [1.29, 1.82) is 0 Å². The van der Waals surface area contributed by atoms with E-state index in [1.807, 2.05) is 0 Å². The Hall–Kier alpha value is -2.16. The van der Waals surface area contributed by atoms with Gasteiger partial charge >= 0.3 is 23.9 Å². The lowest BCUT2D eigenvalue weighted by Gasteiger charge is -2.39. The van der Waals surface area contributed by atoms with E-state index in [0.29, 0.717) is 0 Å². The van der Waals surface area contributed by atoms with Gasteiger partial charge in [-0.25, -0.2) is 0 Å². The Morgan fingerprint density at radius 2 is 1.32 bits per heavy atom. The Morgan fingerprint density at radius 3 is 1.91 bits per heavy atom. The fourth-order valence-corrected chi connectivity index (χ4v) is 1.82. The first-order chi connectivity index (χ1) is 12.4. The van der Waals surface area contributed by atoms with Crippen LogP contribution in [0.3, 0.4) is 0 Å². The minimum atomic E-state index is -1.59. The summed E-state index contributed by atoms with van der Waals surface area (Å²) < 4.78 is 52.8. The Bertz CT molecular complexity index is 484. The molecule has 0 aliphatic carbocycles. The first kappa shape index (κ1) is 12.4. The molecular formula is C13H18O9. The maximum atomic E-state index is 11.5. The average molecular weight is 322 g/mol. The largest absolute Gasteiger partial charge is 0.456 e. The molecule has 1 aliphatic heterocycles. The Kier molecular flexibility index (Phi) is 4.36. The highest BCUT2D eigenvalue weighted by Crippen LogP contribution is 2.25. The van der Waals surface area contributed by atoms with E-state index in [-0.39, 0.29) is 0 Å². The van der Waals surface area contributed by atoms with Crippen LogP contribution >= 0.6 is 0 Å². The minimum absolute atomic E-state index is 0.424. The van der Waals surface area contributed by atoms with Gasteiger partial charge in [0.25, 0.3) is 0 Å². The van der Waals surface area contributed by atoms with Crippen LogP contribution in [-0.2, 0) is 42.9 Å². The Balaban J connectivity index is 3.10. The molecule has 0 aromatic rings. The molecular weight excluding hydrogens is 300 g/mol. The number of hydrogen-bond donors (Lipinski definition) is 0. The van der Waals surface area contributed by atoms with E-state index in [1.165, 1.54) is 0 Å². The van der Waals surface area contributed by atoms with Gasteiger partial charge in [0.2, 0.25) is 12.4 Å². The molecule has 22 heavy (non-hydrogen) atoms. The van der Waals surface area contributed by atoms with Crippen molar-refractivity contribution in [3.8, 4) is 0 Å². The zero-order valence-corrected chi connectivity index (χ0v) is 11.5. The number of esters is 4. The smallest absolute Gasteiger partial charge is 0.305 e. The number of carbonyl (C=O) groups is 4. The van der Waals surface area contributed by atoms with E-state index in [2.05, 4.69) is 0 Å². The van der Waals surface area contributed by atoms with Crippen molar-refractivity contribution < 1.29 is 48.3 Å². The van der Waals surface area contributed by atoms with E-state index in [9.17, 15) is 19.2 Å². The minimum Gasteiger partial charge on any atom is -0.456 e. The second-order valence-corrected chi connectivity index (χ2v) is 4.13. The third-order valence-corrected chi connectivity index (χ3v) is 2.45. The van der Waals surface area contributed by atoms with Gasteiger partial charge in [0, 0.05) is 33.1 Å².